The number of aromatic nitrogens is 5. The quantitative estimate of drug-likeness (QED) is 0.219. The summed E-state index contributed by atoms with van der Waals surface area (Å²) in [5.74, 6) is -0.987. The molecule has 0 unspecified atom stereocenters. The Morgan fingerprint density at radius 2 is 1.98 bits per heavy atom. The number of methoxy groups -OCH3 is 1. The number of nitrogens with one attached hydrogen (secondary N) is 4. The van der Waals surface area contributed by atoms with Crippen molar-refractivity contribution in [2.24, 2.45) is 5.92 Å². The lowest BCUT2D eigenvalue weighted by atomic mass is 9.49. The highest BCUT2D eigenvalue weighted by molar-refractivity contribution is 6.60. The smallest absolute Gasteiger partial charge is 0.272 e. The second-order valence-corrected chi connectivity index (χ2v) is 9.16. The molecule has 6 radical (unpaired) electrons. The lowest BCUT2D eigenvalue weighted by Gasteiger charge is -2.23. The number of ether oxygens (including phenoxy) is 1. The Morgan fingerprint density at radius 1 is 1.20 bits per heavy atom. The SMILES string of the molecule is [B]C([B])([B])NC(=O)c1nnc(NC(=O)C2CC2)cc1Nc1cccc(-c2cnn(CCNC(=O)CC#N)n2)c1OC. The molecule has 0 spiro atoms. The molecule has 2 aromatic heterocycles. The van der Waals surface area contributed by atoms with Gasteiger partial charge in [-0.1, -0.05) is 11.3 Å². The topological polar surface area (TPSA) is 189 Å². The Balaban J connectivity index is 1.61. The lowest BCUT2D eigenvalue weighted by Crippen LogP contribution is -2.50. The van der Waals surface area contributed by atoms with Crippen LogP contribution in [0.2, 0.25) is 0 Å². The van der Waals surface area contributed by atoms with Crippen molar-refractivity contribution < 1.29 is 19.1 Å². The first-order valence-electron chi connectivity index (χ1n) is 12.4. The van der Waals surface area contributed by atoms with E-state index in [1.807, 2.05) is 0 Å². The Labute approximate surface area is 239 Å². The first kappa shape index (κ1) is 29.1. The van der Waals surface area contributed by atoms with Gasteiger partial charge in [-0.05, 0) is 25.0 Å². The van der Waals surface area contributed by atoms with E-state index in [-0.39, 0.29) is 54.4 Å². The van der Waals surface area contributed by atoms with Crippen molar-refractivity contribution in [2.45, 2.75) is 31.0 Å². The predicted octanol–water partition coefficient (Wildman–Crippen LogP) is -0.288. The van der Waals surface area contributed by atoms with Gasteiger partial charge in [-0.3, -0.25) is 14.4 Å². The Hall–Kier alpha value is -4.87. The average molecular weight is 548 g/mol. The fourth-order valence-corrected chi connectivity index (χ4v) is 3.71. The third-order valence-corrected chi connectivity index (χ3v) is 5.71. The molecule has 3 amide bonds. The molecule has 0 saturated heterocycles. The molecule has 202 valence electrons. The highest BCUT2D eigenvalue weighted by Crippen LogP contribution is 2.37. The third kappa shape index (κ3) is 7.84. The number of hydrogen-bond donors (Lipinski definition) is 4. The molecule has 41 heavy (non-hydrogen) atoms. The summed E-state index contributed by atoms with van der Waals surface area (Å²) in [7, 11) is 18.1. The van der Waals surface area contributed by atoms with Crippen molar-refractivity contribution in [3.05, 3.63) is 36.2 Å². The molecule has 17 heteroatoms. The summed E-state index contributed by atoms with van der Waals surface area (Å²) in [6, 6.07) is 8.41. The zero-order valence-corrected chi connectivity index (χ0v) is 22.0. The van der Waals surface area contributed by atoms with Gasteiger partial charge in [-0.2, -0.15) is 20.3 Å². The van der Waals surface area contributed by atoms with Crippen molar-refractivity contribution in [1.29, 1.82) is 5.26 Å². The fraction of sp³-hybridized carbons (Fsp3) is 0.333. The highest BCUT2D eigenvalue weighted by Gasteiger charge is 2.30. The maximum absolute atomic E-state index is 12.9. The minimum atomic E-state index is -2.02. The van der Waals surface area contributed by atoms with Crippen LogP contribution in [0.15, 0.2) is 30.5 Å². The first-order valence-corrected chi connectivity index (χ1v) is 12.4. The Bertz CT molecular complexity index is 1500. The van der Waals surface area contributed by atoms with Gasteiger partial charge in [0.15, 0.2) is 17.3 Å². The molecular formula is C24H23B3N10O4. The molecule has 4 rings (SSSR count). The second kappa shape index (κ2) is 12.5. The summed E-state index contributed by atoms with van der Waals surface area (Å²) >= 11 is 0. The van der Waals surface area contributed by atoms with E-state index in [1.54, 1.807) is 24.3 Å². The maximum Gasteiger partial charge on any atom is 0.272 e. The van der Waals surface area contributed by atoms with Gasteiger partial charge in [-0.15, -0.1) is 10.2 Å². The van der Waals surface area contributed by atoms with E-state index in [0.717, 1.165) is 12.8 Å². The first-order chi connectivity index (χ1) is 19.6. The molecule has 1 aliphatic rings. The number of carbonyl (C=O) groups excluding carboxylic acids is 3. The molecule has 1 saturated carbocycles. The summed E-state index contributed by atoms with van der Waals surface area (Å²) in [5, 5.41) is 33.8. The van der Waals surface area contributed by atoms with E-state index in [2.05, 4.69) is 41.7 Å². The number of nitrogens with zero attached hydrogens (tertiary/aromatic N) is 6. The molecule has 1 fully saturated rings. The van der Waals surface area contributed by atoms with Crippen molar-refractivity contribution in [3.8, 4) is 23.1 Å². The van der Waals surface area contributed by atoms with Crippen LogP contribution in [-0.2, 0) is 16.1 Å². The van der Waals surface area contributed by atoms with Crippen molar-refractivity contribution >= 4 is 58.5 Å². The van der Waals surface area contributed by atoms with Crippen LogP contribution in [0.5, 0.6) is 5.75 Å². The molecule has 0 bridgehead atoms. The summed E-state index contributed by atoms with van der Waals surface area (Å²) < 4.78 is 5.67. The van der Waals surface area contributed by atoms with E-state index >= 15 is 0 Å². The predicted molar refractivity (Wildman–Crippen MR) is 149 cm³/mol. The van der Waals surface area contributed by atoms with Gasteiger partial charge in [0.05, 0.1) is 60.8 Å². The number of anilines is 3. The third-order valence-electron chi connectivity index (χ3n) is 5.71. The number of carbonyl (C=O) groups is 3. The average Bonchev–Trinajstić information content (AvgIpc) is 3.66. The second-order valence-electron chi connectivity index (χ2n) is 9.16. The van der Waals surface area contributed by atoms with Gasteiger partial charge >= 0.3 is 0 Å². The van der Waals surface area contributed by atoms with Gasteiger partial charge in [0, 0.05) is 24.1 Å². The van der Waals surface area contributed by atoms with Crippen LogP contribution in [0.3, 0.4) is 0 Å². The van der Waals surface area contributed by atoms with Gasteiger partial charge in [0.2, 0.25) is 11.8 Å². The van der Waals surface area contributed by atoms with Crippen molar-refractivity contribution in [3.63, 3.8) is 0 Å². The highest BCUT2D eigenvalue weighted by atomic mass is 16.5. The maximum atomic E-state index is 12.9. The summed E-state index contributed by atoms with van der Waals surface area (Å²) in [6.45, 7) is 0.515. The Morgan fingerprint density at radius 3 is 2.66 bits per heavy atom. The molecule has 0 atom stereocenters. The summed E-state index contributed by atoms with van der Waals surface area (Å²) in [5.41, 5.74) is 1.41. The standard InChI is InChI=1S/C24H23B3N10O4/c1-41-21-14(17-12-30-37(36-17)10-9-29-19(38)7-8-28)3-2-4-15(21)31-16-11-18(32-22(39)13-5-6-13)34-35-20(16)23(40)33-24(25,26)27/h2-4,11-13H,5-7,9-10H2,1H3,(H,29,38)(H,33,40)(H2,31,32,34,39). The monoisotopic (exact) mass is 548 g/mol. The molecule has 1 aliphatic carbocycles. The molecule has 1 aromatic carbocycles. The van der Waals surface area contributed by atoms with Crippen LogP contribution in [0.25, 0.3) is 11.3 Å². The summed E-state index contributed by atoms with van der Waals surface area (Å²) in [6.07, 6.45) is 2.88. The minimum Gasteiger partial charge on any atom is -0.494 e. The van der Waals surface area contributed by atoms with Crippen molar-refractivity contribution in [1.82, 2.24) is 35.8 Å². The van der Waals surface area contributed by atoms with E-state index in [1.165, 1.54) is 24.2 Å². The van der Waals surface area contributed by atoms with Crippen LogP contribution in [0, 0.1) is 17.2 Å². The number of hydrogen-bond acceptors (Lipinski definition) is 10. The van der Waals surface area contributed by atoms with Crippen molar-refractivity contribution in [2.75, 3.05) is 24.3 Å². The van der Waals surface area contributed by atoms with Crippen LogP contribution < -0.4 is 26.0 Å². The van der Waals surface area contributed by atoms with Crippen LogP contribution in [0.1, 0.15) is 29.8 Å². The number of para-hydroxylation sites is 1. The number of nitriles is 1. The molecule has 4 N–H and O–H groups in total. The van der Waals surface area contributed by atoms with Gasteiger partial charge in [0.1, 0.15) is 12.1 Å². The van der Waals surface area contributed by atoms with Crippen LogP contribution in [-0.4, -0.2) is 85.3 Å². The van der Waals surface area contributed by atoms with Crippen LogP contribution in [0.4, 0.5) is 17.2 Å². The summed E-state index contributed by atoms with van der Waals surface area (Å²) in [4.78, 5) is 38.0. The van der Waals surface area contributed by atoms with E-state index in [9.17, 15) is 14.4 Å². The van der Waals surface area contributed by atoms with Crippen LogP contribution >= 0.6 is 0 Å². The van der Waals surface area contributed by atoms with E-state index in [4.69, 9.17) is 33.5 Å². The number of amides is 3. The zero-order valence-electron chi connectivity index (χ0n) is 22.0. The van der Waals surface area contributed by atoms with E-state index < -0.39 is 11.1 Å². The molecule has 14 nitrogen and oxygen atoms in total. The van der Waals surface area contributed by atoms with E-state index in [0.29, 0.717) is 22.7 Å². The molecular weight excluding hydrogens is 525 g/mol. The fourth-order valence-electron chi connectivity index (χ4n) is 3.71. The normalized spacial score (nSPS) is 12.6. The largest absolute Gasteiger partial charge is 0.494 e. The molecule has 0 aliphatic heterocycles. The van der Waals surface area contributed by atoms with Gasteiger partial charge < -0.3 is 26.0 Å². The zero-order chi connectivity index (χ0) is 29.6. The van der Waals surface area contributed by atoms with Gasteiger partial charge in [0.25, 0.3) is 5.91 Å². The number of benzene rings is 1. The Kier molecular flexibility index (Phi) is 8.91. The molecule has 2 heterocycles. The number of rotatable bonds is 12. The lowest BCUT2D eigenvalue weighted by molar-refractivity contribution is -0.120. The van der Waals surface area contributed by atoms with Gasteiger partial charge in [-0.25, -0.2) is 0 Å². The minimum absolute atomic E-state index is 0.0810. The molecule has 3 aromatic rings.